The Morgan fingerprint density at radius 3 is 1.75 bits per heavy atom. The molecule has 0 saturated carbocycles. The van der Waals surface area contributed by atoms with Crippen LogP contribution in [-0.4, -0.2) is 18.2 Å². The summed E-state index contributed by atoms with van der Waals surface area (Å²) in [4.78, 5) is 44.2. The summed E-state index contributed by atoms with van der Waals surface area (Å²) in [5, 5.41) is 0. The van der Waals surface area contributed by atoms with Crippen LogP contribution in [0.25, 0.3) is 0 Å². The minimum absolute atomic E-state index is 0.365. The van der Waals surface area contributed by atoms with Gasteiger partial charge in [0, 0.05) is 6.42 Å². The number of unbranched alkanes of at least 4 members (excludes halogenated alkanes) is 2. The lowest BCUT2D eigenvalue weighted by Crippen LogP contribution is -2.22. The molecule has 0 amide bonds. The normalized spacial score (nSPS) is 10.7. The van der Waals surface area contributed by atoms with E-state index in [4.69, 9.17) is 19.6 Å². The van der Waals surface area contributed by atoms with E-state index < -0.39 is 18.2 Å². The topological polar surface area (TPSA) is 71.1 Å². The van der Waals surface area contributed by atoms with Crippen molar-refractivity contribution >= 4 is 11.9 Å². The first kappa shape index (κ1) is 21.6. The Labute approximate surface area is 165 Å². The molecule has 0 spiro atoms. The summed E-state index contributed by atoms with van der Waals surface area (Å²) >= 11 is 0. The molecule has 0 aliphatic heterocycles. The van der Waals surface area contributed by atoms with Gasteiger partial charge in [0.05, 0.1) is 11.1 Å². The fourth-order valence-corrected chi connectivity index (χ4v) is 2.51. The van der Waals surface area contributed by atoms with Crippen molar-refractivity contribution in [2.24, 2.45) is 0 Å². The molecule has 0 saturated heterocycles. The number of carbonyl (C=O) groups excluding carboxylic acids is 2. The highest BCUT2D eigenvalue weighted by Crippen LogP contribution is 2.13. The molecule has 28 heavy (non-hydrogen) atoms. The molecule has 0 heterocycles. The van der Waals surface area contributed by atoms with E-state index >= 15 is 0 Å². The van der Waals surface area contributed by atoms with E-state index in [1.807, 2.05) is 26.0 Å². The minimum atomic E-state index is -1.01. The van der Waals surface area contributed by atoms with E-state index in [2.05, 4.69) is 6.92 Å². The highest BCUT2D eigenvalue weighted by Gasteiger charge is 2.19. The van der Waals surface area contributed by atoms with E-state index in [-0.39, 0.29) is 0 Å². The lowest BCUT2D eigenvalue weighted by Gasteiger charge is -2.15. The predicted octanol–water partition coefficient (Wildman–Crippen LogP) is 5.09. The fourth-order valence-electron chi connectivity index (χ4n) is 2.51. The maximum atomic E-state index is 12.1. The Morgan fingerprint density at radius 1 is 0.821 bits per heavy atom. The van der Waals surface area contributed by atoms with Crippen molar-refractivity contribution < 1.29 is 29.1 Å². The van der Waals surface area contributed by atoms with Crippen LogP contribution in [-0.2, 0) is 19.6 Å². The molecular formula is C22H26O6. The van der Waals surface area contributed by atoms with Gasteiger partial charge in [0.1, 0.15) is 0 Å². The van der Waals surface area contributed by atoms with Crippen molar-refractivity contribution in [3.8, 4) is 0 Å². The fraction of sp³-hybridized carbons (Fsp3) is 0.364. The Hall–Kier alpha value is -2.70. The van der Waals surface area contributed by atoms with E-state index in [9.17, 15) is 9.59 Å². The summed E-state index contributed by atoms with van der Waals surface area (Å²) in [5.74, 6) is -1.28. The second kappa shape index (κ2) is 11.2. The van der Waals surface area contributed by atoms with Gasteiger partial charge in [-0.2, -0.15) is 0 Å². The van der Waals surface area contributed by atoms with Crippen molar-refractivity contribution in [1.29, 1.82) is 0 Å². The van der Waals surface area contributed by atoms with Gasteiger partial charge in [-0.15, -0.1) is 9.78 Å². The second-order valence-corrected chi connectivity index (χ2v) is 6.60. The molecule has 150 valence electrons. The number of carbonyl (C=O) groups is 2. The van der Waals surface area contributed by atoms with Gasteiger partial charge in [0.25, 0.3) is 0 Å². The third-order valence-corrected chi connectivity index (χ3v) is 4.01. The first-order valence-corrected chi connectivity index (χ1v) is 9.38. The van der Waals surface area contributed by atoms with Crippen LogP contribution in [0.5, 0.6) is 0 Å². The van der Waals surface area contributed by atoms with Crippen molar-refractivity contribution in [3.05, 3.63) is 70.8 Å². The first-order chi connectivity index (χ1) is 13.5. The van der Waals surface area contributed by atoms with Gasteiger partial charge >= 0.3 is 11.9 Å². The second-order valence-electron chi connectivity index (χ2n) is 6.60. The first-order valence-electron chi connectivity index (χ1n) is 9.38. The number of aryl methyl sites for hydroxylation is 2. The molecule has 0 aliphatic rings. The van der Waals surface area contributed by atoms with Crippen LogP contribution in [0.1, 0.15) is 64.4 Å². The quantitative estimate of drug-likeness (QED) is 0.245. The van der Waals surface area contributed by atoms with E-state index in [1.165, 1.54) is 0 Å². The van der Waals surface area contributed by atoms with Crippen molar-refractivity contribution in [1.82, 2.24) is 0 Å². The maximum absolute atomic E-state index is 12.1. The van der Waals surface area contributed by atoms with Crippen LogP contribution in [0.4, 0.5) is 0 Å². The zero-order valence-corrected chi connectivity index (χ0v) is 16.5. The molecule has 2 aromatic carbocycles. The van der Waals surface area contributed by atoms with Gasteiger partial charge in [-0.25, -0.2) is 9.59 Å². The molecule has 0 aromatic heterocycles. The molecule has 0 N–H and O–H groups in total. The summed E-state index contributed by atoms with van der Waals surface area (Å²) < 4.78 is 0. The molecule has 2 aromatic rings. The molecule has 2 rings (SSSR count). The molecular weight excluding hydrogens is 360 g/mol. The Balaban J connectivity index is 1.91. The summed E-state index contributed by atoms with van der Waals surface area (Å²) in [7, 11) is 0. The molecule has 0 unspecified atom stereocenters. The minimum Gasteiger partial charge on any atom is -0.290 e. The molecule has 0 radical (unpaired) electrons. The van der Waals surface area contributed by atoms with Gasteiger partial charge in [-0.05, 0) is 44.5 Å². The van der Waals surface area contributed by atoms with Gasteiger partial charge in [0.2, 0.25) is 6.29 Å². The molecule has 6 heteroatoms. The van der Waals surface area contributed by atoms with Crippen LogP contribution < -0.4 is 0 Å². The van der Waals surface area contributed by atoms with Crippen LogP contribution in [0.3, 0.4) is 0 Å². The summed E-state index contributed by atoms with van der Waals surface area (Å²) in [6.07, 6.45) is 2.12. The largest absolute Gasteiger partial charge is 0.373 e. The van der Waals surface area contributed by atoms with Crippen LogP contribution >= 0.6 is 0 Å². The van der Waals surface area contributed by atoms with Crippen LogP contribution in [0.15, 0.2) is 48.5 Å². The monoisotopic (exact) mass is 386 g/mol. The number of hydrogen-bond acceptors (Lipinski definition) is 6. The molecule has 0 aliphatic carbocycles. The average molecular weight is 386 g/mol. The highest BCUT2D eigenvalue weighted by atomic mass is 17.3. The lowest BCUT2D eigenvalue weighted by atomic mass is 10.1. The van der Waals surface area contributed by atoms with Crippen molar-refractivity contribution in [2.75, 3.05) is 0 Å². The van der Waals surface area contributed by atoms with Crippen molar-refractivity contribution in [2.45, 2.75) is 52.7 Å². The number of rotatable bonds is 10. The van der Waals surface area contributed by atoms with Crippen molar-refractivity contribution in [3.63, 3.8) is 0 Å². The molecule has 0 atom stereocenters. The van der Waals surface area contributed by atoms with E-state index in [1.54, 1.807) is 36.4 Å². The van der Waals surface area contributed by atoms with Crippen LogP contribution in [0, 0.1) is 13.8 Å². The molecule has 0 fully saturated rings. The van der Waals surface area contributed by atoms with Gasteiger partial charge in [0.15, 0.2) is 0 Å². The molecule has 0 bridgehead atoms. The smallest absolute Gasteiger partial charge is 0.290 e. The van der Waals surface area contributed by atoms with Gasteiger partial charge in [-0.3, -0.25) is 9.78 Å². The Kier molecular flexibility index (Phi) is 8.65. The standard InChI is InChI=1S/C22H26O6/c1-4-5-6-13-20(25-27-21(23)18-11-7-9-16(2)14-18)26-28-22(24)19-12-8-10-17(3)15-19/h7-12,14-15,20H,4-6,13H2,1-3H3. The van der Waals surface area contributed by atoms with Crippen LogP contribution in [0.2, 0.25) is 0 Å². The number of benzene rings is 2. The zero-order valence-electron chi connectivity index (χ0n) is 16.5. The summed E-state index contributed by atoms with van der Waals surface area (Å²) in [5.41, 5.74) is 2.59. The van der Waals surface area contributed by atoms with Gasteiger partial charge < -0.3 is 0 Å². The summed E-state index contributed by atoms with van der Waals surface area (Å²) in [6, 6.07) is 13.9. The average Bonchev–Trinajstić information content (AvgIpc) is 2.69. The SMILES string of the molecule is CCCCCC(OOC(=O)c1cccc(C)c1)OOC(=O)c1cccc(C)c1. The highest BCUT2D eigenvalue weighted by molar-refractivity contribution is 5.89. The van der Waals surface area contributed by atoms with E-state index in [0.29, 0.717) is 17.5 Å². The van der Waals surface area contributed by atoms with Gasteiger partial charge in [-0.1, -0.05) is 55.2 Å². The van der Waals surface area contributed by atoms with E-state index in [0.717, 1.165) is 30.4 Å². The lowest BCUT2D eigenvalue weighted by molar-refractivity contribution is -0.421. The summed E-state index contributed by atoms with van der Waals surface area (Å²) in [6.45, 7) is 5.81. The molecule has 6 nitrogen and oxygen atoms in total. The Bertz CT molecular complexity index is 725. The third kappa shape index (κ3) is 7.13. The Morgan fingerprint density at radius 2 is 1.32 bits per heavy atom. The number of hydrogen-bond donors (Lipinski definition) is 0. The zero-order chi connectivity index (χ0) is 20.4. The third-order valence-electron chi connectivity index (χ3n) is 4.01. The maximum Gasteiger partial charge on any atom is 0.373 e. The predicted molar refractivity (Wildman–Crippen MR) is 103 cm³/mol.